The lowest BCUT2D eigenvalue weighted by molar-refractivity contribution is 0.0752. The van der Waals surface area contributed by atoms with E-state index in [4.69, 9.17) is 22.1 Å². The number of nitrogen functional groups attached to an aromatic ring is 1. The zero-order valence-corrected chi connectivity index (χ0v) is 12.5. The Morgan fingerprint density at radius 2 is 2.20 bits per heavy atom. The van der Waals surface area contributed by atoms with E-state index < -0.39 is 20.7 Å². The number of nitrogens with zero attached hydrogens (tertiary/aromatic N) is 1. The highest BCUT2D eigenvalue weighted by atomic mass is 35.5. The van der Waals surface area contributed by atoms with Gasteiger partial charge in [0.2, 0.25) is 10.0 Å². The minimum Gasteiger partial charge on any atom is -0.396 e. The van der Waals surface area contributed by atoms with Gasteiger partial charge in [-0.05, 0) is 25.5 Å². The molecule has 0 bridgehead atoms. The minimum atomic E-state index is -3.98. The molecular weight excluding hydrogens is 307 g/mol. The lowest BCUT2D eigenvalue weighted by Gasteiger charge is -2.22. The van der Waals surface area contributed by atoms with Crippen LogP contribution in [0.25, 0.3) is 0 Å². The van der Waals surface area contributed by atoms with Crippen molar-refractivity contribution in [2.45, 2.75) is 24.3 Å². The normalized spacial score (nSPS) is 21.6. The zero-order valence-electron chi connectivity index (χ0n) is 11.0. The first-order chi connectivity index (χ1) is 9.32. The van der Waals surface area contributed by atoms with Crippen molar-refractivity contribution in [3.05, 3.63) is 23.0 Å². The quantitative estimate of drug-likeness (QED) is 0.844. The van der Waals surface area contributed by atoms with Gasteiger partial charge >= 0.3 is 0 Å². The van der Waals surface area contributed by atoms with E-state index in [1.165, 1.54) is 10.4 Å². The zero-order chi connectivity index (χ0) is 14.9. The molecule has 0 radical (unpaired) electrons. The molecule has 1 heterocycles. The third-order valence-corrected chi connectivity index (χ3v) is 5.15. The monoisotopic (exact) mass is 322 g/mol. The molecule has 0 saturated carbocycles. The topological polar surface area (TPSA) is 72.6 Å². The van der Waals surface area contributed by atoms with E-state index >= 15 is 0 Å². The number of ether oxygens (including phenoxy) is 1. The van der Waals surface area contributed by atoms with Gasteiger partial charge in [0.1, 0.15) is 4.90 Å². The number of halogens is 2. The van der Waals surface area contributed by atoms with Crippen LogP contribution in [0.5, 0.6) is 0 Å². The predicted molar refractivity (Wildman–Crippen MR) is 74.6 cm³/mol. The molecule has 2 N–H and O–H groups in total. The Morgan fingerprint density at radius 3 is 2.90 bits per heavy atom. The second-order valence-electron chi connectivity index (χ2n) is 4.71. The van der Waals surface area contributed by atoms with E-state index in [-0.39, 0.29) is 29.9 Å². The number of hydrogen-bond acceptors (Lipinski definition) is 4. The Kier molecular flexibility index (Phi) is 4.53. The smallest absolute Gasteiger partial charge is 0.246 e. The number of hydrogen-bond donors (Lipinski definition) is 1. The van der Waals surface area contributed by atoms with Gasteiger partial charge in [-0.1, -0.05) is 11.6 Å². The largest absolute Gasteiger partial charge is 0.396 e. The first kappa shape index (κ1) is 15.5. The third kappa shape index (κ3) is 3.06. The van der Waals surface area contributed by atoms with Crippen molar-refractivity contribution in [1.29, 1.82) is 0 Å². The second-order valence-corrected chi connectivity index (χ2v) is 7.05. The molecule has 0 aromatic heterocycles. The molecule has 1 aromatic rings. The molecule has 0 aliphatic carbocycles. The van der Waals surface area contributed by atoms with Crippen LogP contribution >= 0.6 is 11.6 Å². The van der Waals surface area contributed by atoms with Crippen LogP contribution in [0.2, 0.25) is 5.02 Å². The van der Waals surface area contributed by atoms with Crippen LogP contribution in [-0.4, -0.2) is 38.5 Å². The standard InChI is InChI=1S/C12H16ClFN2O3S/c1-8-7-16(3-2-4-19-8)20(17,18)11-6-9(13)5-10(15)12(11)14/h5-6,8H,2-4,7,15H2,1H3. The fourth-order valence-electron chi connectivity index (χ4n) is 2.09. The van der Waals surface area contributed by atoms with Crippen molar-refractivity contribution in [2.75, 3.05) is 25.4 Å². The van der Waals surface area contributed by atoms with Gasteiger partial charge in [-0.25, -0.2) is 12.8 Å². The molecule has 112 valence electrons. The van der Waals surface area contributed by atoms with Crippen LogP contribution in [0.4, 0.5) is 10.1 Å². The number of anilines is 1. The summed E-state index contributed by atoms with van der Waals surface area (Å²) >= 11 is 5.77. The van der Waals surface area contributed by atoms with Gasteiger partial charge in [0.25, 0.3) is 0 Å². The number of rotatable bonds is 2. The summed E-state index contributed by atoms with van der Waals surface area (Å²) in [5, 5.41) is 0.0848. The minimum absolute atomic E-state index is 0.0848. The lowest BCUT2D eigenvalue weighted by atomic mass is 10.3. The van der Waals surface area contributed by atoms with Crippen molar-refractivity contribution < 1.29 is 17.5 Å². The average Bonchev–Trinajstić information content (AvgIpc) is 2.58. The van der Waals surface area contributed by atoms with Gasteiger partial charge in [0, 0.05) is 24.7 Å². The summed E-state index contributed by atoms with van der Waals surface area (Å²) in [4.78, 5) is -0.489. The van der Waals surface area contributed by atoms with Crippen LogP contribution in [0, 0.1) is 5.82 Å². The highest BCUT2D eigenvalue weighted by Crippen LogP contribution is 2.28. The summed E-state index contributed by atoms with van der Waals surface area (Å²) in [5.41, 5.74) is 5.16. The van der Waals surface area contributed by atoms with E-state index in [0.717, 1.165) is 6.07 Å². The number of sulfonamides is 1. The molecule has 1 unspecified atom stereocenters. The average molecular weight is 323 g/mol. The van der Waals surface area contributed by atoms with Crippen LogP contribution in [0.15, 0.2) is 17.0 Å². The summed E-state index contributed by atoms with van der Waals surface area (Å²) in [6, 6.07) is 2.27. The van der Waals surface area contributed by atoms with Crippen molar-refractivity contribution in [2.24, 2.45) is 0 Å². The van der Waals surface area contributed by atoms with Gasteiger partial charge in [0.15, 0.2) is 5.82 Å². The summed E-state index contributed by atoms with van der Waals surface area (Å²) in [6.45, 7) is 2.70. The summed E-state index contributed by atoms with van der Waals surface area (Å²) < 4.78 is 45.7. The summed E-state index contributed by atoms with van der Waals surface area (Å²) in [5.74, 6) is -0.966. The van der Waals surface area contributed by atoms with Crippen LogP contribution < -0.4 is 5.73 Å². The highest BCUT2D eigenvalue weighted by molar-refractivity contribution is 7.89. The van der Waals surface area contributed by atoms with E-state index in [0.29, 0.717) is 13.0 Å². The third-order valence-electron chi connectivity index (χ3n) is 3.06. The Balaban J connectivity index is 2.44. The number of nitrogens with two attached hydrogens (primary N) is 1. The van der Waals surface area contributed by atoms with Crippen LogP contribution in [0.1, 0.15) is 13.3 Å². The highest BCUT2D eigenvalue weighted by Gasteiger charge is 2.31. The predicted octanol–water partition coefficient (Wildman–Crippen LogP) is 1.86. The fourth-order valence-corrected chi connectivity index (χ4v) is 4.05. The van der Waals surface area contributed by atoms with Gasteiger partial charge in [-0.3, -0.25) is 0 Å². The van der Waals surface area contributed by atoms with Crippen molar-refractivity contribution in [1.82, 2.24) is 4.31 Å². The van der Waals surface area contributed by atoms with Crippen LogP contribution in [0.3, 0.4) is 0 Å². The Bertz CT molecular complexity index is 609. The fraction of sp³-hybridized carbons (Fsp3) is 0.500. The summed E-state index contributed by atoms with van der Waals surface area (Å²) in [7, 11) is -3.98. The molecule has 1 atom stereocenters. The number of benzene rings is 1. The maximum Gasteiger partial charge on any atom is 0.246 e. The van der Waals surface area contributed by atoms with Crippen molar-refractivity contribution >= 4 is 27.3 Å². The lowest BCUT2D eigenvalue weighted by Crippen LogP contribution is -2.36. The van der Waals surface area contributed by atoms with E-state index in [9.17, 15) is 12.8 Å². The van der Waals surface area contributed by atoms with Crippen molar-refractivity contribution in [3.63, 3.8) is 0 Å². The van der Waals surface area contributed by atoms with Gasteiger partial charge < -0.3 is 10.5 Å². The van der Waals surface area contributed by atoms with E-state index in [1.807, 2.05) is 0 Å². The first-order valence-corrected chi connectivity index (χ1v) is 8.00. The molecular formula is C12H16ClFN2O3S. The molecule has 1 aliphatic rings. The van der Waals surface area contributed by atoms with Gasteiger partial charge in [-0.15, -0.1) is 0 Å². The Morgan fingerprint density at radius 1 is 1.50 bits per heavy atom. The molecule has 1 fully saturated rings. The van der Waals surface area contributed by atoms with Crippen LogP contribution in [-0.2, 0) is 14.8 Å². The van der Waals surface area contributed by atoms with Crippen molar-refractivity contribution in [3.8, 4) is 0 Å². The van der Waals surface area contributed by atoms with E-state index in [1.54, 1.807) is 6.92 Å². The van der Waals surface area contributed by atoms with Gasteiger partial charge in [-0.2, -0.15) is 4.31 Å². The first-order valence-electron chi connectivity index (χ1n) is 6.18. The molecule has 1 saturated heterocycles. The maximum atomic E-state index is 14.0. The Hall–Kier alpha value is -0.890. The molecule has 2 rings (SSSR count). The van der Waals surface area contributed by atoms with E-state index in [2.05, 4.69) is 0 Å². The molecule has 5 nitrogen and oxygen atoms in total. The maximum absolute atomic E-state index is 14.0. The molecule has 0 spiro atoms. The molecule has 0 amide bonds. The molecule has 1 aromatic carbocycles. The molecule has 8 heteroatoms. The second kappa shape index (κ2) is 5.85. The van der Waals surface area contributed by atoms with Gasteiger partial charge in [0.05, 0.1) is 11.8 Å². The molecule has 20 heavy (non-hydrogen) atoms. The Labute approximate surface area is 122 Å². The SMILES string of the molecule is CC1CN(S(=O)(=O)c2cc(Cl)cc(N)c2F)CCCO1. The summed E-state index contributed by atoms with van der Waals surface area (Å²) in [6.07, 6.45) is 0.313. The molecule has 1 aliphatic heterocycles.